The van der Waals surface area contributed by atoms with Crippen molar-refractivity contribution in [1.29, 1.82) is 0 Å². The number of para-hydroxylation sites is 2. The van der Waals surface area contributed by atoms with Crippen molar-refractivity contribution in [3.63, 3.8) is 0 Å². The molecule has 1 unspecified atom stereocenters. The quantitative estimate of drug-likeness (QED) is 0.182. The number of halogens is 1. The van der Waals surface area contributed by atoms with Gasteiger partial charge in [0.2, 0.25) is 0 Å². The van der Waals surface area contributed by atoms with Gasteiger partial charge in [0.1, 0.15) is 5.75 Å². The third-order valence-corrected chi connectivity index (χ3v) is 5.87. The summed E-state index contributed by atoms with van der Waals surface area (Å²) < 4.78 is 5.74. The van der Waals surface area contributed by atoms with Crippen molar-refractivity contribution in [1.82, 2.24) is 10.2 Å². The van der Waals surface area contributed by atoms with Crippen LogP contribution < -0.4 is 10.2 Å². The van der Waals surface area contributed by atoms with Gasteiger partial charge in [0.05, 0.1) is 23.3 Å². The second kappa shape index (κ2) is 12.0. The van der Waals surface area contributed by atoms with Crippen LogP contribution in [-0.2, 0) is 11.3 Å². The molecule has 0 aliphatic carbocycles. The average molecular weight is 567 g/mol. The first-order valence-electron chi connectivity index (χ1n) is 11.0. The molecule has 2 aliphatic heterocycles. The van der Waals surface area contributed by atoms with Gasteiger partial charge < -0.3 is 25.0 Å². The first kappa shape index (κ1) is 25.0. The van der Waals surface area contributed by atoms with Crippen molar-refractivity contribution in [2.75, 3.05) is 44.2 Å². The number of nitrogens with one attached hydrogen (secondary N) is 1. The number of aromatic hydroxyl groups is 1. The summed E-state index contributed by atoms with van der Waals surface area (Å²) >= 11 is 0. The molecule has 0 saturated carbocycles. The van der Waals surface area contributed by atoms with E-state index in [-0.39, 0.29) is 35.8 Å². The van der Waals surface area contributed by atoms with E-state index < -0.39 is 4.92 Å². The number of non-ortho nitro benzene ring substituents is 1. The minimum Gasteiger partial charge on any atom is -0.506 e. The van der Waals surface area contributed by atoms with Crippen molar-refractivity contribution < 1.29 is 14.8 Å². The Balaban J connectivity index is 0.00000306. The lowest BCUT2D eigenvalue weighted by Crippen LogP contribution is -2.53. The predicted molar refractivity (Wildman–Crippen MR) is 139 cm³/mol. The van der Waals surface area contributed by atoms with Gasteiger partial charge in [0.15, 0.2) is 5.96 Å². The number of nitro benzene ring substituents is 1. The molecule has 2 aliphatic rings. The SMILES string of the molecule is I.O=[N+]([O-])c1ccc(CN=C(NCC2CCCO2)N2CCN(c3ccccc3O)CC2)cc1. The number of phenolic OH excluding ortho intramolecular Hbond substituents is 1. The van der Waals surface area contributed by atoms with Gasteiger partial charge >= 0.3 is 0 Å². The molecule has 178 valence electrons. The molecule has 33 heavy (non-hydrogen) atoms. The summed E-state index contributed by atoms with van der Waals surface area (Å²) in [7, 11) is 0. The normalized spacial score (nSPS) is 18.7. The molecule has 2 aromatic carbocycles. The molecule has 0 amide bonds. The Morgan fingerprint density at radius 3 is 2.52 bits per heavy atom. The van der Waals surface area contributed by atoms with Crippen molar-refractivity contribution in [3.05, 3.63) is 64.2 Å². The fourth-order valence-electron chi connectivity index (χ4n) is 4.06. The monoisotopic (exact) mass is 567 g/mol. The van der Waals surface area contributed by atoms with Gasteiger partial charge in [-0.05, 0) is 30.5 Å². The Morgan fingerprint density at radius 2 is 1.88 bits per heavy atom. The number of phenols is 1. The van der Waals surface area contributed by atoms with E-state index in [4.69, 9.17) is 9.73 Å². The Labute approximate surface area is 210 Å². The summed E-state index contributed by atoms with van der Waals surface area (Å²) in [5, 5.41) is 24.5. The van der Waals surface area contributed by atoms with Gasteiger partial charge in [0, 0.05) is 51.5 Å². The Bertz CT molecular complexity index is 942. The molecule has 0 radical (unpaired) electrons. The summed E-state index contributed by atoms with van der Waals surface area (Å²) in [4.78, 5) is 19.7. The largest absolute Gasteiger partial charge is 0.506 e. The zero-order chi connectivity index (χ0) is 22.3. The summed E-state index contributed by atoms with van der Waals surface area (Å²) in [5.41, 5.74) is 1.85. The first-order valence-corrected chi connectivity index (χ1v) is 11.0. The maximum atomic E-state index is 10.9. The molecule has 0 spiro atoms. The van der Waals surface area contributed by atoms with Crippen LogP contribution in [0.5, 0.6) is 5.75 Å². The van der Waals surface area contributed by atoms with Crippen LogP contribution in [0.4, 0.5) is 11.4 Å². The highest BCUT2D eigenvalue weighted by Gasteiger charge is 2.23. The van der Waals surface area contributed by atoms with Gasteiger partial charge in [-0.25, -0.2) is 4.99 Å². The molecule has 2 N–H and O–H groups in total. The molecule has 9 nitrogen and oxygen atoms in total. The molecule has 4 rings (SSSR count). The van der Waals surface area contributed by atoms with Crippen LogP contribution in [0.2, 0.25) is 0 Å². The minimum absolute atomic E-state index is 0. The molecule has 0 bridgehead atoms. The van der Waals surface area contributed by atoms with Crippen molar-refractivity contribution in [2.24, 2.45) is 4.99 Å². The van der Waals surface area contributed by atoms with E-state index in [1.165, 1.54) is 12.1 Å². The van der Waals surface area contributed by atoms with Gasteiger partial charge in [-0.3, -0.25) is 10.1 Å². The van der Waals surface area contributed by atoms with Crippen LogP contribution in [0.15, 0.2) is 53.5 Å². The summed E-state index contributed by atoms with van der Waals surface area (Å²) in [5.74, 6) is 1.11. The van der Waals surface area contributed by atoms with Crippen LogP contribution in [0, 0.1) is 10.1 Å². The number of nitro groups is 1. The number of hydrogen-bond donors (Lipinski definition) is 2. The number of guanidine groups is 1. The number of aliphatic imine (C=N–C) groups is 1. The van der Waals surface area contributed by atoms with Crippen LogP contribution >= 0.6 is 24.0 Å². The van der Waals surface area contributed by atoms with Gasteiger partial charge in [-0.2, -0.15) is 0 Å². The highest BCUT2D eigenvalue weighted by atomic mass is 127. The standard InChI is InChI=1S/C23H29N5O4.HI/c29-22-6-2-1-5-21(22)26-11-13-27(14-12-26)23(25-17-20-4-3-15-32-20)24-16-18-7-9-19(10-8-18)28(30)31;/h1-2,5-10,20,29H,3-4,11-17H2,(H,24,25);1H. The zero-order valence-corrected chi connectivity index (χ0v) is 20.8. The fraction of sp³-hybridized carbons (Fsp3) is 0.435. The number of piperazine rings is 1. The van der Waals surface area contributed by atoms with E-state index in [1.807, 2.05) is 18.2 Å². The second-order valence-corrected chi connectivity index (χ2v) is 8.04. The highest BCUT2D eigenvalue weighted by Crippen LogP contribution is 2.27. The number of anilines is 1. The van der Waals surface area contributed by atoms with E-state index in [9.17, 15) is 15.2 Å². The second-order valence-electron chi connectivity index (χ2n) is 8.04. The molecular weight excluding hydrogens is 537 g/mol. The lowest BCUT2D eigenvalue weighted by molar-refractivity contribution is -0.384. The predicted octanol–water partition coefficient (Wildman–Crippen LogP) is 3.37. The smallest absolute Gasteiger partial charge is 0.269 e. The van der Waals surface area contributed by atoms with Crippen LogP contribution in [0.25, 0.3) is 0 Å². The van der Waals surface area contributed by atoms with E-state index in [0.717, 1.165) is 62.8 Å². The third-order valence-electron chi connectivity index (χ3n) is 5.87. The number of rotatable bonds is 6. The van der Waals surface area contributed by atoms with E-state index in [1.54, 1.807) is 18.2 Å². The molecule has 10 heteroatoms. The Hall–Kier alpha value is -2.60. The summed E-state index contributed by atoms with van der Waals surface area (Å²) in [6.45, 7) is 5.04. The average Bonchev–Trinajstić information content (AvgIpc) is 3.34. The summed E-state index contributed by atoms with van der Waals surface area (Å²) in [6.07, 6.45) is 2.33. The number of hydrogen-bond acceptors (Lipinski definition) is 6. The maximum absolute atomic E-state index is 10.9. The minimum atomic E-state index is -0.397. The van der Waals surface area contributed by atoms with Crippen molar-refractivity contribution >= 4 is 41.3 Å². The first-order chi connectivity index (χ1) is 15.6. The number of nitrogens with zero attached hydrogens (tertiary/aromatic N) is 4. The maximum Gasteiger partial charge on any atom is 0.269 e. The highest BCUT2D eigenvalue weighted by molar-refractivity contribution is 14.0. The molecule has 0 aromatic heterocycles. The Kier molecular flexibility index (Phi) is 9.12. The van der Waals surface area contributed by atoms with E-state index in [0.29, 0.717) is 18.8 Å². The number of ether oxygens (including phenoxy) is 1. The van der Waals surface area contributed by atoms with Crippen LogP contribution in [-0.4, -0.2) is 66.3 Å². The third kappa shape index (κ3) is 6.70. The molecule has 2 aromatic rings. The number of benzene rings is 2. The zero-order valence-electron chi connectivity index (χ0n) is 18.4. The lowest BCUT2D eigenvalue weighted by atomic mass is 10.2. The molecule has 2 fully saturated rings. The van der Waals surface area contributed by atoms with Gasteiger partial charge in [-0.1, -0.05) is 24.3 Å². The summed E-state index contributed by atoms with van der Waals surface area (Å²) in [6, 6.07) is 13.9. The lowest BCUT2D eigenvalue weighted by Gasteiger charge is -2.38. The van der Waals surface area contributed by atoms with Gasteiger partial charge in [-0.15, -0.1) is 24.0 Å². The topological polar surface area (TPSA) is 103 Å². The van der Waals surface area contributed by atoms with Crippen molar-refractivity contribution in [3.8, 4) is 5.75 Å². The van der Waals surface area contributed by atoms with Crippen LogP contribution in [0.3, 0.4) is 0 Å². The van der Waals surface area contributed by atoms with Gasteiger partial charge in [0.25, 0.3) is 5.69 Å². The molecule has 2 saturated heterocycles. The van der Waals surface area contributed by atoms with E-state index in [2.05, 4.69) is 15.1 Å². The van der Waals surface area contributed by atoms with Crippen LogP contribution in [0.1, 0.15) is 18.4 Å². The molecule has 1 atom stereocenters. The Morgan fingerprint density at radius 1 is 1.15 bits per heavy atom. The van der Waals surface area contributed by atoms with Crippen molar-refractivity contribution in [2.45, 2.75) is 25.5 Å². The van der Waals surface area contributed by atoms with E-state index >= 15 is 0 Å². The fourth-order valence-corrected chi connectivity index (χ4v) is 4.06. The molecule has 2 heterocycles. The molecular formula is C23H30IN5O4.